The van der Waals surface area contributed by atoms with Crippen LogP contribution in [0.2, 0.25) is 5.02 Å². The van der Waals surface area contributed by atoms with E-state index in [1.54, 1.807) is 18.3 Å². The zero-order valence-corrected chi connectivity index (χ0v) is 39.5. The SMILES string of the molecule is CC1(C)CCC(CN2CCN(c3ccc(C(=O)O)c(Oc4cc5cc[nH]c5nc4CCCCOc4cc(S(N)(=O)=O)cc([N+](=O)[O-])c4NCC4CCOCC4)c3)CC2)=C(c2ccc(Cl)cc2)C1. The van der Waals surface area contributed by atoms with E-state index in [1.165, 1.54) is 22.8 Å². The summed E-state index contributed by atoms with van der Waals surface area (Å²) in [6.07, 6.45) is 7.97. The third-order valence-corrected chi connectivity index (χ3v) is 14.2. The Balaban J connectivity index is 0.948. The van der Waals surface area contributed by atoms with Gasteiger partial charge >= 0.3 is 5.97 Å². The Morgan fingerprint density at radius 2 is 1.79 bits per heavy atom. The number of hydrogen-bond donors (Lipinski definition) is 4. The van der Waals surface area contributed by atoms with E-state index in [0.29, 0.717) is 56.1 Å². The molecule has 0 saturated carbocycles. The molecule has 0 spiro atoms. The quantitative estimate of drug-likeness (QED) is 0.0366. The van der Waals surface area contributed by atoms with E-state index in [-0.39, 0.29) is 40.7 Å². The normalized spacial score (nSPS) is 17.2. The first-order valence-corrected chi connectivity index (χ1v) is 24.8. The Labute approximate surface area is 395 Å². The molecule has 0 unspecified atom stereocenters. The number of aromatic carboxylic acids is 1. The van der Waals surface area contributed by atoms with Gasteiger partial charge < -0.3 is 34.5 Å². The summed E-state index contributed by atoms with van der Waals surface area (Å²) in [6, 6.07) is 19.3. The number of ether oxygens (including phenoxy) is 3. The second-order valence-electron chi connectivity index (χ2n) is 18.5. The predicted octanol–water partition coefficient (Wildman–Crippen LogP) is 9.29. The molecule has 3 aromatic carbocycles. The molecule has 2 aromatic heterocycles. The molecule has 3 aliphatic rings. The van der Waals surface area contributed by atoms with Crippen molar-refractivity contribution in [3.63, 3.8) is 0 Å². The molecule has 0 atom stereocenters. The molecule has 5 N–H and O–H groups in total. The number of nitrogens with one attached hydrogen (secondary N) is 2. The van der Waals surface area contributed by atoms with Crippen molar-refractivity contribution in [1.29, 1.82) is 0 Å². The molecule has 1 aliphatic carbocycles. The molecule has 0 amide bonds. The summed E-state index contributed by atoms with van der Waals surface area (Å²) in [5.41, 5.74) is 6.13. The fourth-order valence-corrected chi connectivity index (χ4v) is 9.88. The molecule has 16 nitrogen and oxygen atoms in total. The number of aromatic nitrogens is 2. The van der Waals surface area contributed by atoms with Gasteiger partial charge in [-0.3, -0.25) is 15.0 Å². The van der Waals surface area contributed by atoms with E-state index >= 15 is 0 Å². The number of fused-ring (bicyclic) bond motifs is 1. The number of anilines is 2. The summed E-state index contributed by atoms with van der Waals surface area (Å²) in [5, 5.41) is 32.5. The number of unbranched alkanes of at least 4 members (excludes halogenated alkanes) is 1. The molecule has 18 heteroatoms. The van der Waals surface area contributed by atoms with E-state index in [2.05, 4.69) is 46.1 Å². The first-order chi connectivity index (χ1) is 32.1. The number of allylic oxidation sites excluding steroid dienone is 1. The van der Waals surface area contributed by atoms with Crippen molar-refractivity contribution in [1.82, 2.24) is 14.9 Å². The fourth-order valence-electron chi connectivity index (χ4n) is 9.20. The third-order valence-electron chi connectivity index (χ3n) is 13.1. The Bertz CT molecular complexity index is 2750. The van der Waals surface area contributed by atoms with Crippen LogP contribution in [0.5, 0.6) is 17.2 Å². The number of aryl methyl sites for hydroxylation is 1. The number of nitro groups is 1. The molecule has 2 saturated heterocycles. The van der Waals surface area contributed by atoms with Gasteiger partial charge in [0.15, 0.2) is 11.4 Å². The highest BCUT2D eigenvalue weighted by molar-refractivity contribution is 7.89. The molecule has 0 bridgehead atoms. The van der Waals surface area contributed by atoms with E-state index in [0.717, 1.165) is 87.0 Å². The Morgan fingerprint density at radius 3 is 2.51 bits per heavy atom. The number of carboxylic acid groups (broad SMARTS) is 1. The van der Waals surface area contributed by atoms with Gasteiger partial charge in [0.05, 0.1) is 22.1 Å². The van der Waals surface area contributed by atoms with Crippen LogP contribution in [0.15, 0.2) is 83.4 Å². The van der Waals surface area contributed by atoms with Gasteiger partial charge in [-0.1, -0.05) is 43.2 Å². The molecule has 2 aliphatic heterocycles. The van der Waals surface area contributed by atoms with Crippen molar-refractivity contribution in [3.8, 4) is 17.2 Å². The first kappa shape index (κ1) is 47.8. The van der Waals surface area contributed by atoms with Crippen LogP contribution >= 0.6 is 11.6 Å². The lowest BCUT2D eigenvalue weighted by Crippen LogP contribution is -2.47. The number of piperazine rings is 1. The van der Waals surface area contributed by atoms with Gasteiger partial charge in [0.25, 0.3) is 5.69 Å². The van der Waals surface area contributed by atoms with Crippen molar-refractivity contribution in [2.75, 3.05) is 69.3 Å². The molecule has 0 radical (unpaired) electrons. The number of nitro benzene ring substituents is 1. The molecule has 4 heterocycles. The number of halogens is 1. The number of sulfonamides is 1. The zero-order valence-electron chi connectivity index (χ0n) is 37.9. The molecule has 2 fully saturated rings. The standard InChI is InChI=1S/C49H58ClN7O9S/c1-49(2)16-12-35(40(29-49)33-6-8-36(50)9-7-33)31-55-18-20-56(21-19-55)37-10-11-39(48(58)59)43(26-37)66-44-25-34-13-17-52-47(34)54-41(44)5-3-4-22-65-45-28-38(67(51,62)63)27-42(57(60)61)46(45)53-30-32-14-23-64-24-15-32/h6-11,13,17,25-28,32,53H,3-5,12,14-16,18-24,29-31H2,1-2H3,(H,52,54)(H,58,59)(H2,51,62,63). The maximum atomic E-state index is 12.6. The van der Waals surface area contributed by atoms with Crippen molar-refractivity contribution >= 4 is 61.3 Å². The number of primary sulfonamides is 1. The van der Waals surface area contributed by atoms with Crippen LogP contribution in [0, 0.1) is 21.4 Å². The fraction of sp³-hybridized carbons (Fsp3) is 0.429. The second kappa shape index (κ2) is 20.7. The summed E-state index contributed by atoms with van der Waals surface area (Å²) in [6.45, 7) is 10.5. The molecular weight excluding hydrogens is 898 g/mol. The summed E-state index contributed by atoms with van der Waals surface area (Å²) in [4.78, 5) is 36.4. The van der Waals surface area contributed by atoms with Crippen LogP contribution in [0.25, 0.3) is 16.6 Å². The molecule has 67 heavy (non-hydrogen) atoms. The number of hydrogen-bond acceptors (Lipinski definition) is 12. The van der Waals surface area contributed by atoms with Crippen LogP contribution in [0.4, 0.5) is 17.1 Å². The zero-order chi connectivity index (χ0) is 47.3. The molecule has 356 valence electrons. The van der Waals surface area contributed by atoms with Crippen LogP contribution < -0.4 is 24.8 Å². The number of carbonyl (C=O) groups is 1. The lowest BCUT2D eigenvalue weighted by Gasteiger charge is -2.39. The number of nitrogens with two attached hydrogens (primary N) is 1. The minimum Gasteiger partial charge on any atom is -0.491 e. The first-order valence-electron chi connectivity index (χ1n) is 22.9. The Morgan fingerprint density at radius 1 is 1.03 bits per heavy atom. The van der Waals surface area contributed by atoms with Crippen molar-refractivity contribution in [3.05, 3.63) is 110 Å². The lowest BCUT2D eigenvalue weighted by atomic mass is 9.72. The molecular formula is C49H58ClN7O9S. The minimum absolute atomic E-state index is 0.0109. The van der Waals surface area contributed by atoms with E-state index in [1.807, 2.05) is 30.3 Å². The lowest BCUT2D eigenvalue weighted by molar-refractivity contribution is -0.384. The van der Waals surface area contributed by atoms with Gasteiger partial charge in [0, 0.05) is 93.0 Å². The van der Waals surface area contributed by atoms with Crippen LogP contribution in [0.1, 0.15) is 80.4 Å². The summed E-state index contributed by atoms with van der Waals surface area (Å²) >= 11 is 6.25. The number of carboxylic acids is 1. The summed E-state index contributed by atoms with van der Waals surface area (Å²) < 4.78 is 42.7. The topological polar surface area (TPSA) is 215 Å². The van der Waals surface area contributed by atoms with Crippen LogP contribution in [-0.4, -0.2) is 98.4 Å². The summed E-state index contributed by atoms with van der Waals surface area (Å²) in [5.74, 6) is -0.281. The van der Waals surface area contributed by atoms with Gasteiger partial charge in [-0.25, -0.2) is 23.3 Å². The highest BCUT2D eigenvalue weighted by Crippen LogP contribution is 2.44. The predicted molar refractivity (Wildman–Crippen MR) is 259 cm³/mol. The second-order valence-corrected chi connectivity index (χ2v) is 20.5. The van der Waals surface area contributed by atoms with Crippen molar-refractivity contribution in [2.24, 2.45) is 16.5 Å². The third kappa shape index (κ3) is 11.9. The number of benzene rings is 3. The highest BCUT2D eigenvalue weighted by atomic mass is 35.5. The number of rotatable bonds is 18. The van der Waals surface area contributed by atoms with E-state index < -0.39 is 31.5 Å². The number of aromatic amines is 1. The maximum absolute atomic E-state index is 12.6. The van der Waals surface area contributed by atoms with Crippen LogP contribution in [0.3, 0.4) is 0 Å². The van der Waals surface area contributed by atoms with Gasteiger partial charge in [-0.05, 0) is 110 Å². The highest BCUT2D eigenvalue weighted by Gasteiger charge is 2.30. The van der Waals surface area contributed by atoms with Gasteiger partial charge in [0.2, 0.25) is 10.0 Å². The minimum atomic E-state index is -4.29. The maximum Gasteiger partial charge on any atom is 0.339 e. The van der Waals surface area contributed by atoms with Gasteiger partial charge in [-0.2, -0.15) is 0 Å². The smallest absolute Gasteiger partial charge is 0.339 e. The number of nitrogens with zero attached hydrogens (tertiary/aromatic N) is 4. The van der Waals surface area contributed by atoms with E-state index in [9.17, 15) is 28.4 Å². The monoisotopic (exact) mass is 955 g/mol. The van der Waals surface area contributed by atoms with Crippen molar-refractivity contribution < 1.29 is 37.5 Å². The average Bonchev–Trinajstić information content (AvgIpc) is 3.76. The summed E-state index contributed by atoms with van der Waals surface area (Å²) in [7, 11) is -4.29. The van der Waals surface area contributed by atoms with Crippen LogP contribution in [-0.2, 0) is 21.2 Å². The number of H-pyrrole nitrogens is 1. The Hall–Kier alpha value is -5.72. The number of pyridine rings is 1. The average molecular weight is 957 g/mol. The molecule has 5 aromatic rings. The van der Waals surface area contributed by atoms with Gasteiger partial charge in [-0.15, -0.1) is 0 Å². The Kier molecular flexibility index (Phi) is 14.7. The van der Waals surface area contributed by atoms with E-state index in [4.69, 9.17) is 35.9 Å². The van der Waals surface area contributed by atoms with Gasteiger partial charge in [0.1, 0.15) is 22.7 Å². The largest absolute Gasteiger partial charge is 0.491 e. The molecule has 8 rings (SSSR count). The van der Waals surface area contributed by atoms with Crippen molar-refractivity contribution in [2.45, 2.75) is 70.1 Å².